The van der Waals surface area contributed by atoms with Gasteiger partial charge in [-0.1, -0.05) is 6.07 Å². The van der Waals surface area contributed by atoms with Crippen molar-refractivity contribution in [3.63, 3.8) is 0 Å². The van der Waals surface area contributed by atoms with Gasteiger partial charge in [-0.05, 0) is 50.9 Å². The number of nitrogen functional groups attached to an aromatic ring is 1. The number of hydrogen-bond acceptors (Lipinski definition) is 5. The fourth-order valence-electron chi connectivity index (χ4n) is 1.53. The van der Waals surface area contributed by atoms with Crippen LogP contribution in [0.1, 0.15) is 11.5 Å². The highest BCUT2D eigenvalue weighted by molar-refractivity contribution is 9.11. The maximum atomic E-state index is 5.72. The van der Waals surface area contributed by atoms with Crippen LogP contribution in [0.5, 0.6) is 5.75 Å². The molecule has 0 saturated carbocycles. The second-order valence-corrected chi connectivity index (χ2v) is 5.50. The highest BCUT2D eigenvalue weighted by Crippen LogP contribution is 2.33. The molecule has 0 aliphatic carbocycles. The van der Waals surface area contributed by atoms with Gasteiger partial charge in [-0.25, -0.2) is 15.8 Å². The lowest BCUT2D eigenvalue weighted by molar-refractivity contribution is 0.292. The van der Waals surface area contributed by atoms with Crippen molar-refractivity contribution >= 4 is 37.7 Å². The minimum Gasteiger partial charge on any atom is -0.483 e. The molecule has 0 aliphatic heterocycles. The molecule has 0 amide bonds. The SMILES string of the molecule is Cc1cc(NN)nc(COc2c(Br)cccc2Br)n1. The van der Waals surface area contributed by atoms with Gasteiger partial charge < -0.3 is 10.2 Å². The second kappa shape index (κ2) is 6.31. The fraction of sp³-hybridized carbons (Fsp3) is 0.167. The molecular weight excluding hydrogens is 376 g/mol. The van der Waals surface area contributed by atoms with Crippen molar-refractivity contribution in [2.75, 3.05) is 5.43 Å². The van der Waals surface area contributed by atoms with Gasteiger partial charge in [0.1, 0.15) is 18.2 Å². The number of benzene rings is 1. The molecule has 5 nitrogen and oxygen atoms in total. The van der Waals surface area contributed by atoms with Crippen molar-refractivity contribution in [3.8, 4) is 5.75 Å². The van der Waals surface area contributed by atoms with E-state index in [1.54, 1.807) is 6.07 Å². The van der Waals surface area contributed by atoms with Crippen LogP contribution in [0, 0.1) is 6.92 Å². The lowest BCUT2D eigenvalue weighted by Crippen LogP contribution is -2.12. The third-order valence-electron chi connectivity index (χ3n) is 2.31. The van der Waals surface area contributed by atoms with Crippen LogP contribution in [-0.2, 0) is 6.61 Å². The molecular formula is C12H12Br2N4O. The largest absolute Gasteiger partial charge is 0.483 e. The number of aryl methyl sites for hydroxylation is 1. The zero-order chi connectivity index (χ0) is 13.8. The van der Waals surface area contributed by atoms with Crippen LogP contribution >= 0.6 is 31.9 Å². The first-order valence-corrected chi connectivity index (χ1v) is 7.06. The quantitative estimate of drug-likeness (QED) is 0.622. The Hall–Kier alpha value is -1.18. The summed E-state index contributed by atoms with van der Waals surface area (Å²) in [6.45, 7) is 2.14. The Morgan fingerprint density at radius 2 is 1.95 bits per heavy atom. The molecule has 0 radical (unpaired) electrons. The van der Waals surface area contributed by atoms with Crippen molar-refractivity contribution in [2.24, 2.45) is 5.84 Å². The Labute approximate surface area is 127 Å². The van der Waals surface area contributed by atoms with E-state index in [0.29, 0.717) is 11.6 Å². The molecule has 0 bridgehead atoms. The summed E-state index contributed by atoms with van der Waals surface area (Å²) < 4.78 is 7.46. The number of nitrogens with one attached hydrogen (secondary N) is 1. The predicted octanol–water partition coefficient (Wildman–Crippen LogP) is 3.17. The van der Waals surface area contributed by atoms with Crippen LogP contribution in [0.4, 0.5) is 5.82 Å². The second-order valence-electron chi connectivity index (χ2n) is 3.79. The number of nitrogens with zero attached hydrogens (tertiary/aromatic N) is 2. The maximum Gasteiger partial charge on any atom is 0.168 e. The van der Waals surface area contributed by atoms with Gasteiger partial charge in [-0.3, -0.25) is 0 Å². The standard InChI is InChI=1S/C12H12Br2N4O/c1-7-5-10(18-15)17-11(16-7)6-19-12-8(13)3-2-4-9(12)14/h2-5H,6,15H2,1H3,(H,16,17,18). The predicted molar refractivity (Wildman–Crippen MR) is 80.8 cm³/mol. The summed E-state index contributed by atoms with van der Waals surface area (Å²) in [5.74, 6) is 7.20. The Bertz CT molecular complexity index is 572. The van der Waals surface area contributed by atoms with E-state index in [4.69, 9.17) is 10.6 Å². The first-order chi connectivity index (χ1) is 9.10. The third kappa shape index (κ3) is 3.65. The summed E-state index contributed by atoms with van der Waals surface area (Å²) in [6, 6.07) is 7.49. The number of anilines is 1. The van der Waals surface area contributed by atoms with Crippen LogP contribution in [0.3, 0.4) is 0 Å². The van der Waals surface area contributed by atoms with Gasteiger partial charge in [0.05, 0.1) is 8.95 Å². The number of ether oxygens (including phenoxy) is 1. The molecule has 19 heavy (non-hydrogen) atoms. The average Bonchev–Trinajstić information content (AvgIpc) is 2.37. The highest BCUT2D eigenvalue weighted by Gasteiger charge is 2.08. The van der Waals surface area contributed by atoms with E-state index in [2.05, 4.69) is 47.3 Å². The number of nitrogens with two attached hydrogens (primary N) is 1. The zero-order valence-corrected chi connectivity index (χ0v) is 13.3. The molecule has 0 saturated heterocycles. The molecule has 1 aromatic carbocycles. The van der Waals surface area contributed by atoms with E-state index in [-0.39, 0.29) is 6.61 Å². The van der Waals surface area contributed by atoms with E-state index in [9.17, 15) is 0 Å². The average molecular weight is 388 g/mol. The van der Waals surface area contributed by atoms with Crippen molar-refractivity contribution in [3.05, 3.63) is 44.7 Å². The van der Waals surface area contributed by atoms with E-state index in [1.807, 2.05) is 25.1 Å². The molecule has 0 spiro atoms. The van der Waals surface area contributed by atoms with Crippen LogP contribution in [-0.4, -0.2) is 9.97 Å². The monoisotopic (exact) mass is 386 g/mol. The zero-order valence-electron chi connectivity index (χ0n) is 10.2. The summed E-state index contributed by atoms with van der Waals surface area (Å²) >= 11 is 6.87. The van der Waals surface area contributed by atoms with Crippen molar-refractivity contribution in [1.29, 1.82) is 0 Å². The molecule has 3 N–H and O–H groups in total. The number of aromatic nitrogens is 2. The van der Waals surface area contributed by atoms with Gasteiger partial charge in [-0.2, -0.15) is 0 Å². The maximum absolute atomic E-state index is 5.72. The van der Waals surface area contributed by atoms with Crippen LogP contribution in [0.2, 0.25) is 0 Å². The number of hydrazine groups is 1. The lowest BCUT2D eigenvalue weighted by atomic mass is 10.3. The number of halogens is 2. The van der Waals surface area contributed by atoms with E-state index >= 15 is 0 Å². The number of rotatable bonds is 4. The summed E-state index contributed by atoms with van der Waals surface area (Å²) in [5.41, 5.74) is 3.33. The Balaban J connectivity index is 2.16. The topological polar surface area (TPSA) is 73.1 Å². The molecule has 7 heteroatoms. The van der Waals surface area contributed by atoms with Crippen LogP contribution in [0.15, 0.2) is 33.2 Å². The molecule has 0 fully saturated rings. The lowest BCUT2D eigenvalue weighted by Gasteiger charge is -2.10. The van der Waals surface area contributed by atoms with E-state index < -0.39 is 0 Å². The molecule has 100 valence electrons. The molecule has 1 heterocycles. The van der Waals surface area contributed by atoms with Crippen molar-refractivity contribution in [1.82, 2.24) is 9.97 Å². The van der Waals surface area contributed by atoms with E-state index in [0.717, 1.165) is 20.4 Å². The minimum atomic E-state index is 0.261. The summed E-state index contributed by atoms with van der Waals surface area (Å²) in [4.78, 5) is 8.52. The molecule has 0 unspecified atom stereocenters. The first-order valence-electron chi connectivity index (χ1n) is 5.48. The van der Waals surface area contributed by atoms with Gasteiger partial charge >= 0.3 is 0 Å². The molecule has 2 aromatic rings. The molecule has 1 aromatic heterocycles. The van der Waals surface area contributed by atoms with E-state index in [1.165, 1.54) is 0 Å². The number of para-hydroxylation sites is 1. The highest BCUT2D eigenvalue weighted by atomic mass is 79.9. The normalized spacial score (nSPS) is 10.3. The van der Waals surface area contributed by atoms with Crippen LogP contribution < -0.4 is 16.0 Å². The van der Waals surface area contributed by atoms with Gasteiger partial charge in [0.25, 0.3) is 0 Å². The van der Waals surface area contributed by atoms with Crippen LogP contribution in [0.25, 0.3) is 0 Å². The Kier molecular flexibility index (Phi) is 4.73. The van der Waals surface area contributed by atoms with Gasteiger partial charge in [0.15, 0.2) is 5.82 Å². The van der Waals surface area contributed by atoms with Gasteiger partial charge in [-0.15, -0.1) is 0 Å². The van der Waals surface area contributed by atoms with Gasteiger partial charge in [0, 0.05) is 11.8 Å². The first kappa shape index (κ1) is 14.2. The fourth-order valence-corrected chi connectivity index (χ4v) is 2.75. The van der Waals surface area contributed by atoms with Gasteiger partial charge in [0.2, 0.25) is 0 Å². The van der Waals surface area contributed by atoms with Crippen molar-refractivity contribution < 1.29 is 4.74 Å². The number of hydrogen-bond donors (Lipinski definition) is 2. The van der Waals surface area contributed by atoms with Crippen molar-refractivity contribution in [2.45, 2.75) is 13.5 Å². The summed E-state index contributed by atoms with van der Waals surface area (Å²) in [6.07, 6.45) is 0. The molecule has 0 aliphatic rings. The Morgan fingerprint density at radius 3 is 2.58 bits per heavy atom. The minimum absolute atomic E-state index is 0.261. The Morgan fingerprint density at radius 1 is 1.26 bits per heavy atom. The third-order valence-corrected chi connectivity index (χ3v) is 3.56. The molecule has 2 rings (SSSR count). The summed E-state index contributed by atoms with van der Waals surface area (Å²) in [5, 5.41) is 0. The summed E-state index contributed by atoms with van der Waals surface area (Å²) in [7, 11) is 0. The molecule has 0 atom stereocenters. The smallest absolute Gasteiger partial charge is 0.168 e.